The van der Waals surface area contributed by atoms with Crippen molar-refractivity contribution in [3.8, 4) is 11.3 Å². The second kappa shape index (κ2) is 5.01. The summed E-state index contributed by atoms with van der Waals surface area (Å²) in [5.74, 6) is 0. The van der Waals surface area contributed by atoms with Gasteiger partial charge in [0.15, 0.2) is 0 Å². The summed E-state index contributed by atoms with van der Waals surface area (Å²) in [4.78, 5) is 4.66. The first kappa shape index (κ1) is 12.3. The maximum atomic E-state index is 4.66. The van der Waals surface area contributed by atoms with Gasteiger partial charge in [-0.3, -0.25) is 4.98 Å². The summed E-state index contributed by atoms with van der Waals surface area (Å²) >= 11 is 0. The zero-order chi connectivity index (χ0) is 13.1. The molecule has 1 aromatic heterocycles. The number of rotatable bonds is 3. The second-order valence-electron chi connectivity index (χ2n) is 4.40. The quantitative estimate of drug-likeness (QED) is 0.749. The fourth-order valence-corrected chi connectivity index (χ4v) is 2.07. The molecule has 2 aromatic rings. The third-order valence-corrected chi connectivity index (χ3v) is 3.00. The lowest BCUT2D eigenvalue weighted by atomic mass is 10.0. The average Bonchev–Trinajstić information content (AvgIpc) is 2.38. The van der Waals surface area contributed by atoms with E-state index in [1.165, 1.54) is 0 Å². The standard InChI is InChI=1S/C17H17N/c1-5-14-8-6-7-9-16(14)17-11-10-15(12(2)3)13(4)18-17/h5-11H,1-2H2,3-4H3. The SMILES string of the molecule is C=Cc1ccccc1-c1ccc(C(=C)C)c(C)n1. The fraction of sp³-hybridized carbons (Fsp3) is 0.118. The highest BCUT2D eigenvalue weighted by atomic mass is 14.7. The van der Waals surface area contributed by atoms with Crippen LogP contribution in [0.5, 0.6) is 0 Å². The lowest BCUT2D eigenvalue weighted by Crippen LogP contribution is -1.93. The smallest absolute Gasteiger partial charge is 0.0711 e. The molecule has 0 atom stereocenters. The van der Waals surface area contributed by atoms with Gasteiger partial charge >= 0.3 is 0 Å². The van der Waals surface area contributed by atoms with Crippen LogP contribution in [-0.2, 0) is 0 Å². The van der Waals surface area contributed by atoms with Crippen LogP contribution in [0, 0.1) is 6.92 Å². The van der Waals surface area contributed by atoms with Gasteiger partial charge in [-0.2, -0.15) is 0 Å². The summed E-state index contributed by atoms with van der Waals surface area (Å²) in [6.07, 6.45) is 1.86. The summed E-state index contributed by atoms with van der Waals surface area (Å²) in [7, 11) is 0. The predicted octanol–water partition coefficient (Wildman–Crippen LogP) is 4.73. The van der Waals surface area contributed by atoms with Crippen molar-refractivity contribution in [2.75, 3.05) is 0 Å². The van der Waals surface area contributed by atoms with E-state index in [1.807, 2.05) is 44.2 Å². The molecule has 0 aliphatic carbocycles. The van der Waals surface area contributed by atoms with Gasteiger partial charge in [-0.25, -0.2) is 0 Å². The van der Waals surface area contributed by atoms with Crippen LogP contribution in [0.2, 0.25) is 0 Å². The van der Waals surface area contributed by atoms with Crippen molar-refractivity contribution in [1.29, 1.82) is 0 Å². The molecule has 0 spiro atoms. The van der Waals surface area contributed by atoms with Gasteiger partial charge in [-0.1, -0.05) is 49.6 Å². The molecule has 0 saturated carbocycles. The Labute approximate surface area is 109 Å². The Kier molecular flexibility index (Phi) is 3.42. The number of aryl methyl sites for hydroxylation is 1. The lowest BCUT2D eigenvalue weighted by Gasteiger charge is -2.09. The molecular weight excluding hydrogens is 218 g/mol. The Hall–Kier alpha value is -2.15. The molecular formula is C17H17N. The van der Waals surface area contributed by atoms with E-state index in [0.29, 0.717) is 0 Å². The van der Waals surface area contributed by atoms with E-state index in [2.05, 4.69) is 30.3 Å². The number of benzene rings is 1. The molecule has 0 bridgehead atoms. The largest absolute Gasteiger partial charge is 0.252 e. The van der Waals surface area contributed by atoms with E-state index in [-0.39, 0.29) is 0 Å². The van der Waals surface area contributed by atoms with Gasteiger partial charge in [-0.15, -0.1) is 0 Å². The van der Waals surface area contributed by atoms with Gasteiger partial charge in [0.2, 0.25) is 0 Å². The number of hydrogen-bond acceptors (Lipinski definition) is 1. The topological polar surface area (TPSA) is 12.9 Å². The third kappa shape index (κ3) is 2.25. The second-order valence-corrected chi connectivity index (χ2v) is 4.40. The van der Waals surface area contributed by atoms with Crippen molar-refractivity contribution in [2.24, 2.45) is 0 Å². The Morgan fingerprint density at radius 1 is 1.17 bits per heavy atom. The molecule has 1 heteroatoms. The minimum absolute atomic E-state index is 0.980. The molecule has 0 unspecified atom stereocenters. The molecule has 18 heavy (non-hydrogen) atoms. The Morgan fingerprint density at radius 2 is 1.89 bits per heavy atom. The average molecular weight is 235 g/mol. The molecule has 0 fully saturated rings. The summed E-state index contributed by atoms with van der Waals surface area (Å²) in [6, 6.07) is 12.3. The monoisotopic (exact) mass is 235 g/mol. The minimum Gasteiger partial charge on any atom is -0.252 e. The molecule has 2 rings (SSSR count). The maximum absolute atomic E-state index is 4.66. The molecule has 0 aliphatic rings. The van der Waals surface area contributed by atoms with E-state index >= 15 is 0 Å². The summed E-state index contributed by atoms with van der Waals surface area (Å²) in [6.45, 7) is 11.8. The normalized spacial score (nSPS) is 10.1. The van der Waals surface area contributed by atoms with E-state index in [1.54, 1.807) is 0 Å². The van der Waals surface area contributed by atoms with Crippen molar-refractivity contribution >= 4 is 11.6 Å². The van der Waals surface area contributed by atoms with Gasteiger partial charge in [0.25, 0.3) is 0 Å². The van der Waals surface area contributed by atoms with E-state index in [9.17, 15) is 0 Å². The van der Waals surface area contributed by atoms with Gasteiger partial charge in [0.05, 0.1) is 5.69 Å². The maximum Gasteiger partial charge on any atom is 0.0711 e. The molecule has 0 saturated heterocycles. The number of aromatic nitrogens is 1. The first-order chi connectivity index (χ1) is 8.63. The highest BCUT2D eigenvalue weighted by Crippen LogP contribution is 2.25. The van der Waals surface area contributed by atoms with Gasteiger partial charge in [0.1, 0.15) is 0 Å². The van der Waals surface area contributed by atoms with Gasteiger partial charge < -0.3 is 0 Å². The zero-order valence-corrected chi connectivity index (χ0v) is 10.9. The van der Waals surface area contributed by atoms with Crippen LogP contribution in [-0.4, -0.2) is 4.98 Å². The Morgan fingerprint density at radius 3 is 2.50 bits per heavy atom. The third-order valence-electron chi connectivity index (χ3n) is 3.00. The van der Waals surface area contributed by atoms with Crippen LogP contribution in [0.1, 0.15) is 23.7 Å². The minimum atomic E-state index is 0.980. The first-order valence-corrected chi connectivity index (χ1v) is 5.99. The number of allylic oxidation sites excluding steroid dienone is 1. The molecule has 90 valence electrons. The molecule has 1 aromatic carbocycles. The molecule has 1 nitrogen and oxygen atoms in total. The van der Waals surface area contributed by atoms with Gasteiger partial charge in [0, 0.05) is 11.3 Å². The summed E-state index contributed by atoms with van der Waals surface area (Å²) in [5, 5.41) is 0. The van der Waals surface area contributed by atoms with E-state index in [0.717, 1.165) is 33.7 Å². The van der Waals surface area contributed by atoms with E-state index < -0.39 is 0 Å². The Bertz CT molecular complexity index is 609. The van der Waals surface area contributed by atoms with Crippen LogP contribution in [0.25, 0.3) is 22.9 Å². The van der Waals surface area contributed by atoms with Crippen LogP contribution in [0.4, 0.5) is 0 Å². The lowest BCUT2D eigenvalue weighted by molar-refractivity contribution is 1.18. The number of nitrogens with zero attached hydrogens (tertiary/aromatic N) is 1. The van der Waals surface area contributed by atoms with Crippen LogP contribution in [0.3, 0.4) is 0 Å². The molecule has 0 N–H and O–H groups in total. The molecule has 0 radical (unpaired) electrons. The van der Waals surface area contributed by atoms with Crippen molar-refractivity contribution in [3.63, 3.8) is 0 Å². The fourth-order valence-electron chi connectivity index (χ4n) is 2.07. The van der Waals surface area contributed by atoms with Crippen molar-refractivity contribution in [3.05, 3.63) is 66.4 Å². The highest BCUT2D eigenvalue weighted by Gasteiger charge is 2.06. The van der Waals surface area contributed by atoms with Crippen LogP contribution >= 0.6 is 0 Å². The predicted molar refractivity (Wildman–Crippen MR) is 79.2 cm³/mol. The molecule has 0 amide bonds. The molecule has 1 heterocycles. The van der Waals surface area contributed by atoms with Gasteiger partial charge in [-0.05, 0) is 36.6 Å². The number of hydrogen-bond donors (Lipinski definition) is 0. The summed E-state index contributed by atoms with van der Waals surface area (Å²) in [5.41, 5.74) is 6.38. The van der Waals surface area contributed by atoms with E-state index in [4.69, 9.17) is 0 Å². The Balaban J connectivity index is 2.55. The van der Waals surface area contributed by atoms with Crippen molar-refractivity contribution < 1.29 is 0 Å². The van der Waals surface area contributed by atoms with Crippen LogP contribution in [0.15, 0.2) is 49.6 Å². The van der Waals surface area contributed by atoms with Crippen molar-refractivity contribution in [1.82, 2.24) is 4.98 Å². The zero-order valence-electron chi connectivity index (χ0n) is 10.9. The molecule has 0 aliphatic heterocycles. The first-order valence-electron chi connectivity index (χ1n) is 5.99. The summed E-state index contributed by atoms with van der Waals surface area (Å²) < 4.78 is 0. The number of pyridine rings is 1. The highest BCUT2D eigenvalue weighted by molar-refractivity contribution is 5.74. The van der Waals surface area contributed by atoms with Crippen LogP contribution < -0.4 is 0 Å². The van der Waals surface area contributed by atoms with Crippen molar-refractivity contribution in [2.45, 2.75) is 13.8 Å².